The molecule has 170 valence electrons. The van der Waals surface area contributed by atoms with Crippen molar-refractivity contribution in [2.24, 2.45) is 5.73 Å². The van der Waals surface area contributed by atoms with Crippen LogP contribution in [0.3, 0.4) is 0 Å². The summed E-state index contributed by atoms with van der Waals surface area (Å²) in [6.07, 6.45) is 5.97. The number of fused-ring (bicyclic) bond motifs is 1. The second-order valence-electron chi connectivity index (χ2n) is 7.66. The van der Waals surface area contributed by atoms with Crippen LogP contribution in [0.1, 0.15) is 16.8 Å². The van der Waals surface area contributed by atoms with Crippen molar-refractivity contribution in [2.45, 2.75) is 6.54 Å². The highest BCUT2D eigenvalue weighted by atomic mass is 35.5. The second-order valence-corrected chi connectivity index (χ2v) is 7.66. The molecule has 2 aromatic heterocycles. The maximum Gasteiger partial charge on any atom is 0.0788 e. The zero-order chi connectivity index (χ0) is 21.8. The molecule has 0 aliphatic rings. The third-order valence-corrected chi connectivity index (χ3v) is 5.56. The minimum Gasteiger partial charge on any atom is -0.326 e. The summed E-state index contributed by atoms with van der Waals surface area (Å²) >= 11 is 0. The van der Waals surface area contributed by atoms with Crippen LogP contribution in [-0.4, -0.2) is 9.97 Å². The molecule has 0 atom stereocenters. The van der Waals surface area contributed by atoms with E-state index in [0.717, 1.165) is 50.1 Å². The molecule has 0 aliphatic heterocycles. The van der Waals surface area contributed by atoms with Gasteiger partial charge < -0.3 is 5.73 Å². The zero-order valence-corrected chi connectivity index (χ0v) is 20.1. The maximum atomic E-state index is 5.79. The molecule has 0 spiro atoms. The van der Waals surface area contributed by atoms with E-state index in [2.05, 4.69) is 83.9 Å². The molecular formula is C29H25Cl2N3. The Balaban J connectivity index is 0.00000162. The van der Waals surface area contributed by atoms with Gasteiger partial charge in [0, 0.05) is 29.3 Å². The molecule has 0 radical (unpaired) electrons. The third kappa shape index (κ3) is 5.35. The topological polar surface area (TPSA) is 51.8 Å². The lowest BCUT2D eigenvalue weighted by molar-refractivity contribution is 1.07. The van der Waals surface area contributed by atoms with Crippen molar-refractivity contribution in [1.29, 1.82) is 0 Å². The van der Waals surface area contributed by atoms with Gasteiger partial charge in [0.05, 0.1) is 16.9 Å². The lowest BCUT2D eigenvalue weighted by Crippen LogP contribution is -1.97. The molecule has 0 saturated heterocycles. The molecule has 3 aromatic carbocycles. The van der Waals surface area contributed by atoms with Crippen LogP contribution in [0.2, 0.25) is 0 Å². The molecule has 5 aromatic rings. The first-order chi connectivity index (χ1) is 15.8. The summed E-state index contributed by atoms with van der Waals surface area (Å²) in [6, 6.07) is 33.1. The molecule has 0 saturated carbocycles. The molecule has 34 heavy (non-hydrogen) atoms. The summed E-state index contributed by atoms with van der Waals surface area (Å²) in [5.41, 5.74) is 14.1. The van der Waals surface area contributed by atoms with E-state index in [4.69, 9.17) is 10.7 Å². The van der Waals surface area contributed by atoms with E-state index in [0.29, 0.717) is 6.54 Å². The van der Waals surface area contributed by atoms with Gasteiger partial charge >= 0.3 is 0 Å². The Kier molecular flexibility index (Phi) is 8.55. The Labute approximate surface area is 212 Å². The molecule has 0 aliphatic carbocycles. The van der Waals surface area contributed by atoms with Gasteiger partial charge in [-0.1, -0.05) is 91.0 Å². The van der Waals surface area contributed by atoms with E-state index in [1.807, 2.05) is 36.5 Å². The van der Waals surface area contributed by atoms with E-state index in [-0.39, 0.29) is 24.8 Å². The van der Waals surface area contributed by atoms with Crippen LogP contribution in [0.15, 0.2) is 103 Å². The number of rotatable bonds is 5. The zero-order valence-electron chi connectivity index (χ0n) is 18.5. The fourth-order valence-electron chi connectivity index (χ4n) is 3.85. The van der Waals surface area contributed by atoms with Crippen molar-refractivity contribution in [3.05, 3.63) is 120 Å². The summed E-state index contributed by atoms with van der Waals surface area (Å²) in [7, 11) is 0. The molecule has 0 bridgehead atoms. The monoisotopic (exact) mass is 485 g/mol. The molecular weight excluding hydrogens is 461 g/mol. The quantitative estimate of drug-likeness (QED) is 0.281. The van der Waals surface area contributed by atoms with Gasteiger partial charge in [-0.05, 0) is 34.9 Å². The van der Waals surface area contributed by atoms with Gasteiger partial charge in [0.15, 0.2) is 0 Å². The van der Waals surface area contributed by atoms with E-state index >= 15 is 0 Å². The molecule has 5 rings (SSSR count). The number of nitrogens with two attached hydrogens (primary N) is 1. The average Bonchev–Trinajstić information content (AvgIpc) is 2.88. The van der Waals surface area contributed by atoms with E-state index in [9.17, 15) is 0 Å². The van der Waals surface area contributed by atoms with Gasteiger partial charge in [-0.3, -0.25) is 4.98 Å². The smallest absolute Gasteiger partial charge is 0.0788 e. The Morgan fingerprint density at radius 1 is 0.706 bits per heavy atom. The Bertz CT molecular complexity index is 1380. The highest BCUT2D eigenvalue weighted by Crippen LogP contribution is 2.34. The first-order valence-electron chi connectivity index (χ1n) is 10.7. The number of aromatic nitrogens is 2. The van der Waals surface area contributed by atoms with Gasteiger partial charge in [-0.25, -0.2) is 4.98 Å². The number of nitrogens with zero attached hydrogens (tertiary/aromatic N) is 2. The van der Waals surface area contributed by atoms with E-state index < -0.39 is 0 Å². The molecule has 0 unspecified atom stereocenters. The van der Waals surface area contributed by atoms with Crippen LogP contribution in [0.4, 0.5) is 0 Å². The lowest BCUT2D eigenvalue weighted by atomic mass is 9.96. The van der Waals surface area contributed by atoms with E-state index in [1.54, 1.807) is 0 Å². The predicted molar refractivity (Wildman–Crippen MR) is 148 cm³/mol. The molecule has 2 N–H and O–H groups in total. The normalized spacial score (nSPS) is 10.6. The van der Waals surface area contributed by atoms with Crippen LogP contribution in [0, 0.1) is 0 Å². The van der Waals surface area contributed by atoms with Crippen molar-refractivity contribution in [1.82, 2.24) is 9.97 Å². The Morgan fingerprint density at radius 3 is 2.06 bits per heavy atom. The number of pyridine rings is 2. The van der Waals surface area contributed by atoms with Crippen LogP contribution in [0.25, 0.3) is 45.4 Å². The standard InChI is InChI=1S/C29H23N3.2ClH/c30-20-22-11-14-24(15-12-22)29-25(23-9-5-2-6-10-23)19-26-27(31-18-17-28(26)32-29)16-13-21-7-3-1-4-8-21;;/h1-19H,20,30H2;2*1H/b16-13+;;. The van der Waals surface area contributed by atoms with Gasteiger partial charge in [0.2, 0.25) is 0 Å². The van der Waals surface area contributed by atoms with Crippen molar-refractivity contribution >= 4 is 47.9 Å². The van der Waals surface area contributed by atoms with Crippen LogP contribution >= 0.6 is 24.8 Å². The first kappa shape index (κ1) is 25.1. The first-order valence-corrected chi connectivity index (χ1v) is 10.7. The third-order valence-electron chi connectivity index (χ3n) is 5.56. The summed E-state index contributed by atoms with van der Waals surface area (Å²) in [5, 5.41) is 1.03. The van der Waals surface area contributed by atoms with Gasteiger partial charge in [0.1, 0.15) is 0 Å². The fourth-order valence-corrected chi connectivity index (χ4v) is 3.85. The second kappa shape index (κ2) is 11.6. The summed E-state index contributed by atoms with van der Waals surface area (Å²) in [6.45, 7) is 0.528. The number of halogens is 2. The number of hydrogen-bond acceptors (Lipinski definition) is 3. The molecule has 5 heteroatoms. The van der Waals surface area contributed by atoms with Crippen LogP contribution in [0.5, 0.6) is 0 Å². The van der Waals surface area contributed by atoms with Crippen LogP contribution < -0.4 is 5.73 Å². The molecule has 0 fully saturated rings. The highest BCUT2D eigenvalue weighted by molar-refractivity contribution is 5.96. The average molecular weight is 486 g/mol. The van der Waals surface area contributed by atoms with Gasteiger partial charge in [-0.2, -0.15) is 0 Å². The van der Waals surface area contributed by atoms with Crippen molar-refractivity contribution in [2.75, 3.05) is 0 Å². The molecule has 2 heterocycles. The summed E-state index contributed by atoms with van der Waals surface area (Å²) in [4.78, 5) is 9.73. The lowest BCUT2D eigenvalue weighted by Gasteiger charge is -2.13. The van der Waals surface area contributed by atoms with Crippen molar-refractivity contribution in [3.8, 4) is 22.4 Å². The maximum absolute atomic E-state index is 5.79. The largest absolute Gasteiger partial charge is 0.326 e. The van der Waals surface area contributed by atoms with E-state index in [1.165, 1.54) is 0 Å². The van der Waals surface area contributed by atoms with Crippen LogP contribution in [-0.2, 0) is 6.54 Å². The highest BCUT2D eigenvalue weighted by Gasteiger charge is 2.13. The number of benzene rings is 3. The SMILES string of the molecule is Cl.Cl.NCc1ccc(-c2nc3ccnc(/C=C/c4ccccc4)c3cc2-c2ccccc2)cc1. The summed E-state index contributed by atoms with van der Waals surface area (Å²) in [5.74, 6) is 0. The van der Waals surface area contributed by atoms with Gasteiger partial charge in [-0.15, -0.1) is 24.8 Å². The summed E-state index contributed by atoms with van der Waals surface area (Å²) < 4.78 is 0. The van der Waals surface area contributed by atoms with Crippen molar-refractivity contribution in [3.63, 3.8) is 0 Å². The fraction of sp³-hybridized carbons (Fsp3) is 0.0345. The minimum atomic E-state index is 0. The minimum absolute atomic E-state index is 0. The molecule has 0 amide bonds. The Hall–Kier alpha value is -3.50. The van der Waals surface area contributed by atoms with Crippen molar-refractivity contribution < 1.29 is 0 Å². The Morgan fingerprint density at radius 2 is 1.38 bits per heavy atom. The predicted octanol–water partition coefficient (Wildman–Crippen LogP) is 7.44. The number of hydrogen-bond donors (Lipinski definition) is 1. The molecule has 3 nitrogen and oxygen atoms in total. The van der Waals surface area contributed by atoms with Gasteiger partial charge in [0.25, 0.3) is 0 Å².